The molecule has 138 valence electrons. The zero-order chi connectivity index (χ0) is 18.4. The van der Waals surface area contributed by atoms with Crippen LogP contribution in [0.3, 0.4) is 0 Å². The molecule has 0 unspecified atom stereocenters. The maximum Gasteiger partial charge on any atom is 0.236 e. The van der Waals surface area contributed by atoms with E-state index in [2.05, 4.69) is 27.4 Å². The van der Waals surface area contributed by atoms with Crippen LogP contribution in [0.15, 0.2) is 29.4 Å². The first kappa shape index (κ1) is 18.8. The molecule has 1 aromatic carbocycles. The number of aryl methyl sites for hydroxylation is 1. The van der Waals surface area contributed by atoms with Crippen LogP contribution in [0.4, 0.5) is 5.13 Å². The Balaban J connectivity index is 1.61. The summed E-state index contributed by atoms with van der Waals surface area (Å²) in [5.41, 5.74) is 0.893. The Morgan fingerprint density at radius 3 is 2.96 bits per heavy atom. The molecule has 0 aliphatic heterocycles. The number of anilines is 1. The van der Waals surface area contributed by atoms with E-state index >= 15 is 0 Å². The summed E-state index contributed by atoms with van der Waals surface area (Å²) in [4.78, 5) is 16.7. The van der Waals surface area contributed by atoms with Gasteiger partial charge in [-0.15, -0.1) is 10.2 Å². The Morgan fingerprint density at radius 2 is 2.19 bits per heavy atom. The molecule has 2 aromatic heterocycles. The molecule has 1 N–H and O–H groups in total. The molecule has 0 aliphatic rings. The number of amides is 1. The van der Waals surface area contributed by atoms with Crippen LogP contribution in [0.25, 0.3) is 10.2 Å². The second-order valence-corrected chi connectivity index (χ2v) is 7.59. The van der Waals surface area contributed by atoms with Gasteiger partial charge >= 0.3 is 0 Å². The third kappa shape index (κ3) is 4.60. The number of carbonyl (C=O) groups excluding carboxylic acids is 1. The van der Waals surface area contributed by atoms with Gasteiger partial charge in [0, 0.05) is 20.1 Å². The van der Waals surface area contributed by atoms with Crippen LogP contribution in [-0.2, 0) is 22.5 Å². The number of nitrogens with zero attached hydrogens (tertiary/aromatic N) is 4. The van der Waals surface area contributed by atoms with Gasteiger partial charge < -0.3 is 14.6 Å². The van der Waals surface area contributed by atoms with E-state index in [0.29, 0.717) is 18.3 Å². The van der Waals surface area contributed by atoms with E-state index in [4.69, 9.17) is 4.74 Å². The van der Waals surface area contributed by atoms with Gasteiger partial charge in [0.2, 0.25) is 5.91 Å². The number of para-hydroxylation sites is 1. The topological polar surface area (TPSA) is 81.9 Å². The third-order valence-corrected chi connectivity index (χ3v) is 5.58. The standard InChI is InChI=1S/C17H21N5O2S2/c1-3-6-14-20-21-17(22(14)9-10-24-2)25-11-15(23)19-16-18-12-7-4-5-8-13(12)26-16/h4-5,7-8H,3,6,9-11H2,1-2H3,(H,18,19,23). The van der Waals surface area contributed by atoms with E-state index in [1.807, 2.05) is 28.8 Å². The van der Waals surface area contributed by atoms with Gasteiger partial charge in [0.05, 0.1) is 22.6 Å². The molecule has 0 radical (unpaired) electrons. The van der Waals surface area contributed by atoms with Gasteiger partial charge in [-0.2, -0.15) is 0 Å². The number of methoxy groups -OCH3 is 1. The van der Waals surface area contributed by atoms with Crippen molar-refractivity contribution in [3.8, 4) is 0 Å². The normalized spacial score (nSPS) is 11.2. The minimum atomic E-state index is -0.104. The van der Waals surface area contributed by atoms with Gasteiger partial charge in [0.25, 0.3) is 0 Å². The van der Waals surface area contributed by atoms with Crippen molar-refractivity contribution in [1.82, 2.24) is 19.7 Å². The van der Waals surface area contributed by atoms with Crippen molar-refractivity contribution >= 4 is 44.4 Å². The number of carbonyl (C=O) groups is 1. The second kappa shape index (κ2) is 9.11. The van der Waals surface area contributed by atoms with Gasteiger partial charge in [0.15, 0.2) is 10.3 Å². The first-order valence-corrected chi connectivity index (χ1v) is 10.2. The number of ether oxygens (including phenoxy) is 1. The minimum absolute atomic E-state index is 0.104. The van der Waals surface area contributed by atoms with E-state index in [-0.39, 0.29) is 11.7 Å². The van der Waals surface area contributed by atoms with E-state index in [1.54, 1.807) is 7.11 Å². The fourth-order valence-corrected chi connectivity index (χ4v) is 4.12. The van der Waals surface area contributed by atoms with Crippen LogP contribution in [0, 0.1) is 0 Å². The monoisotopic (exact) mass is 391 g/mol. The molecule has 0 saturated carbocycles. The number of hydrogen-bond acceptors (Lipinski definition) is 7. The third-order valence-electron chi connectivity index (χ3n) is 3.66. The predicted octanol–water partition coefficient (Wildman–Crippen LogP) is 3.22. The van der Waals surface area contributed by atoms with Crippen LogP contribution < -0.4 is 5.32 Å². The molecular weight excluding hydrogens is 370 g/mol. The molecule has 3 aromatic rings. The summed E-state index contributed by atoms with van der Waals surface area (Å²) in [5.74, 6) is 1.08. The predicted molar refractivity (Wildman–Crippen MR) is 105 cm³/mol. The average molecular weight is 392 g/mol. The van der Waals surface area contributed by atoms with Crippen molar-refractivity contribution in [3.63, 3.8) is 0 Å². The zero-order valence-electron chi connectivity index (χ0n) is 14.8. The summed E-state index contributed by atoms with van der Waals surface area (Å²) in [7, 11) is 1.67. The lowest BCUT2D eigenvalue weighted by Crippen LogP contribution is -2.15. The highest BCUT2D eigenvalue weighted by Crippen LogP contribution is 2.26. The molecule has 7 nitrogen and oxygen atoms in total. The van der Waals surface area contributed by atoms with Gasteiger partial charge in [-0.3, -0.25) is 4.79 Å². The van der Waals surface area contributed by atoms with Crippen molar-refractivity contribution in [1.29, 1.82) is 0 Å². The highest BCUT2D eigenvalue weighted by atomic mass is 32.2. The first-order chi connectivity index (χ1) is 12.7. The lowest BCUT2D eigenvalue weighted by Gasteiger charge is -2.08. The Morgan fingerprint density at radius 1 is 1.35 bits per heavy atom. The fraction of sp³-hybridized carbons (Fsp3) is 0.412. The Kier molecular flexibility index (Phi) is 6.59. The van der Waals surface area contributed by atoms with Crippen LogP contribution in [0.2, 0.25) is 0 Å². The number of fused-ring (bicyclic) bond motifs is 1. The van der Waals surface area contributed by atoms with Crippen molar-refractivity contribution in [3.05, 3.63) is 30.1 Å². The molecular formula is C17H21N5O2S2. The Labute approximate surface area is 160 Å². The van der Waals surface area contributed by atoms with E-state index in [0.717, 1.165) is 34.0 Å². The summed E-state index contributed by atoms with van der Waals surface area (Å²) in [6.45, 7) is 3.37. The quantitative estimate of drug-likeness (QED) is 0.564. The average Bonchev–Trinajstić information content (AvgIpc) is 3.21. The number of rotatable bonds is 9. The molecule has 0 spiro atoms. The number of benzene rings is 1. The van der Waals surface area contributed by atoms with Crippen LogP contribution in [0.1, 0.15) is 19.2 Å². The van der Waals surface area contributed by atoms with Crippen molar-refractivity contribution in [2.45, 2.75) is 31.5 Å². The number of nitrogens with one attached hydrogen (secondary N) is 1. The number of thioether (sulfide) groups is 1. The number of aromatic nitrogens is 4. The van der Waals surface area contributed by atoms with E-state index < -0.39 is 0 Å². The molecule has 2 heterocycles. The highest BCUT2D eigenvalue weighted by Gasteiger charge is 2.14. The van der Waals surface area contributed by atoms with E-state index in [9.17, 15) is 4.79 Å². The van der Waals surface area contributed by atoms with Gasteiger partial charge in [-0.25, -0.2) is 4.98 Å². The lowest BCUT2D eigenvalue weighted by molar-refractivity contribution is -0.113. The fourth-order valence-electron chi connectivity index (χ4n) is 2.45. The van der Waals surface area contributed by atoms with Gasteiger partial charge in [-0.05, 0) is 18.6 Å². The zero-order valence-corrected chi connectivity index (χ0v) is 16.4. The van der Waals surface area contributed by atoms with Crippen LogP contribution >= 0.6 is 23.1 Å². The number of thiazole rings is 1. The smallest absolute Gasteiger partial charge is 0.236 e. The van der Waals surface area contributed by atoms with Gasteiger partial charge in [-0.1, -0.05) is 42.2 Å². The van der Waals surface area contributed by atoms with Crippen molar-refractivity contribution in [2.24, 2.45) is 0 Å². The number of hydrogen-bond donors (Lipinski definition) is 1. The maximum atomic E-state index is 12.3. The summed E-state index contributed by atoms with van der Waals surface area (Å²) < 4.78 is 8.25. The molecule has 0 fully saturated rings. The minimum Gasteiger partial charge on any atom is -0.383 e. The molecule has 0 saturated heterocycles. The molecule has 26 heavy (non-hydrogen) atoms. The van der Waals surface area contributed by atoms with Crippen molar-refractivity contribution in [2.75, 3.05) is 24.8 Å². The Bertz CT molecular complexity index is 844. The summed E-state index contributed by atoms with van der Waals surface area (Å²) >= 11 is 2.85. The van der Waals surface area contributed by atoms with Crippen LogP contribution in [0.5, 0.6) is 0 Å². The van der Waals surface area contributed by atoms with Crippen LogP contribution in [-0.4, -0.2) is 45.1 Å². The molecule has 0 aliphatic carbocycles. The highest BCUT2D eigenvalue weighted by molar-refractivity contribution is 7.99. The Hall–Kier alpha value is -1.97. The molecule has 3 rings (SSSR count). The SMILES string of the molecule is CCCc1nnc(SCC(=O)Nc2nc3ccccc3s2)n1CCOC. The second-order valence-electron chi connectivity index (χ2n) is 5.62. The maximum absolute atomic E-state index is 12.3. The summed E-state index contributed by atoms with van der Waals surface area (Å²) in [6.07, 6.45) is 1.85. The summed E-state index contributed by atoms with van der Waals surface area (Å²) in [5, 5.41) is 12.7. The molecule has 0 bridgehead atoms. The van der Waals surface area contributed by atoms with E-state index in [1.165, 1.54) is 23.1 Å². The summed E-state index contributed by atoms with van der Waals surface area (Å²) in [6, 6.07) is 7.82. The lowest BCUT2D eigenvalue weighted by atomic mass is 10.3. The molecule has 0 atom stereocenters. The largest absolute Gasteiger partial charge is 0.383 e. The molecule has 1 amide bonds. The molecule has 9 heteroatoms. The first-order valence-electron chi connectivity index (χ1n) is 8.40. The van der Waals surface area contributed by atoms with Crippen molar-refractivity contribution < 1.29 is 9.53 Å². The van der Waals surface area contributed by atoms with Gasteiger partial charge in [0.1, 0.15) is 5.82 Å².